The van der Waals surface area contributed by atoms with E-state index < -0.39 is 6.10 Å². The minimum Gasteiger partial charge on any atom is -0.380 e. The number of aryl methyl sites for hydroxylation is 1. The van der Waals surface area contributed by atoms with Gasteiger partial charge >= 0.3 is 0 Å². The van der Waals surface area contributed by atoms with Crippen molar-refractivity contribution in [1.82, 2.24) is 9.55 Å². The van der Waals surface area contributed by atoms with Crippen molar-refractivity contribution in [1.29, 1.82) is 0 Å². The van der Waals surface area contributed by atoms with Gasteiger partial charge in [-0.25, -0.2) is 4.98 Å². The van der Waals surface area contributed by atoms with E-state index in [1.165, 1.54) is 0 Å². The zero-order valence-corrected chi connectivity index (χ0v) is 13.2. The fourth-order valence-corrected chi connectivity index (χ4v) is 2.51. The number of aliphatic hydroxyl groups excluding tert-OH is 1. The van der Waals surface area contributed by atoms with Gasteiger partial charge in [0, 0.05) is 31.0 Å². The second-order valence-corrected chi connectivity index (χ2v) is 5.46. The number of nitrogens with one attached hydrogen (secondary N) is 1. The lowest BCUT2D eigenvalue weighted by Gasteiger charge is -2.13. The molecule has 0 saturated heterocycles. The van der Waals surface area contributed by atoms with Crippen LogP contribution in [-0.4, -0.2) is 20.6 Å². The van der Waals surface area contributed by atoms with Crippen LogP contribution < -0.4 is 5.32 Å². The molecule has 0 radical (unpaired) electrons. The van der Waals surface area contributed by atoms with Crippen molar-refractivity contribution in [3.05, 3.63) is 84.4 Å². The first-order chi connectivity index (χ1) is 11.7. The minimum absolute atomic E-state index is 0.0740. The normalized spacial score (nSPS) is 11.9. The van der Waals surface area contributed by atoms with E-state index in [1.807, 2.05) is 65.2 Å². The van der Waals surface area contributed by atoms with Gasteiger partial charge in [0.1, 0.15) is 11.9 Å². The molecule has 1 heterocycles. The SMILES string of the molecule is O=C(CCn1ccnc1C(O)c1ccccc1)Nc1ccccc1. The number of nitrogens with zero attached hydrogens (tertiary/aromatic N) is 2. The summed E-state index contributed by atoms with van der Waals surface area (Å²) in [5, 5.41) is 13.3. The van der Waals surface area contributed by atoms with Crippen LogP contribution in [0.1, 0.15) is 23.9 Å². The standard InChI is InChI=1S/C19H19N3O2/c23-17(21-16-9-5-2-6-10-16)11-13-22-14-12-20-19(22)18(24)15-7-3-1-4-8-15/h1-10,12,14,18,24H,11,13H2,(H,21,23). The van der Waals surface area contributed by atoms with Gasteiger partial charge in [0.25, 0.3) is 0 Å². The molecule has 2 aromatic carbocycles. The van der Waals surface area contributed by atoms with Gasteiger partial charge in [-0.3, -0.25) is 4.79 Å². The number of amides is 1. The van der Waals surface area contributed by atoms with Crippen LogP contribution in [0.5, 0.6) is 0 Å². The molecule has 5 nitrogen and oxygen atoms in total. The Morgan fingerprint density at radius 3 is 2.46 bits per heavy atom. The first-order valence-electron chi connectivity index (χ1n) is 7.83. The maximum absolute atomic E-state index is 12.1. The highest BCUT2D eigenvalue weighted by molar-refractivity contribution is 5.90. The number of carbonyl (C=O) groups excluding carboxylic acids is 1. The lowest BCUT2D eigenvalue weighted by atomic mass is 10.1. The van der Waals surface area contributed by atoms with Crippen LogP contribution in [-0.2, 0) is 11.3 Å². The van der Waals surface area contributed by atoms with Gasteiger partial charge in [0.2, 0.25) is 5.91 Å². The molecule has 2 N–H and O–H groups in total. The number of aromatic nitrogens is 2. The Balaban J connectivity index is 1.62. The number of carbonyl (C=O) groups is 1. The van der Waals surface area contributed by atoms with Crippen molar-refractivity contribution in [3.8, 4) is 0 Å². The summed E-state index contributed by atoms with van der Waals surface area (Å²) in [5.41, 5.74) is 1.55. The first-order valence-corrected chi connectivity index (χ1v) is 7.83. The molecule has 1 unspecified atom stereocenters. The van der Waals surface area contributed by atoms with Gasteiger partial charge < -0.3 is 15.0 Å². The second-order valence-electron chi connectivity index (χ2n) is 5.46. The molecule has 0 aliphatic rings. The van der Waals surface area contributed by atoms with Gasteiger partial charge in [0.15, 0.2) is 0 Å². The topological polar surface area (TPSA) is 67.2 Å². The van der Waals surface area contributed by atoms with Crippen LogP contribution in [0, 0.1) is 0 Å². The fraction of sp³-hybridized carbons (Fsp3) is 0.158. The molecule has 0 spiro atoms. The Kier molecular flexibility index (Phi) is 5.03. The number of imidazole rings is 1. The predicted octanol–water partition coefficient (Wildman–Crippen LogP) is 2.99. The smallest absolute Gasteiger partial charge is 0.226 e. The van der Waals surface area contributed by atoms with Crippen LogP contribution in [0.2, 0.25) is 0 Å². The monoisotopic (exact) mass is 321 g/mol. The summed E-state index contributed by atoms with van der Waals surface area (Å²) in [6, 6.07) is 18.7. The third kappa shape index (κ3) is 3.88. The van der Waals surface area contributed by atoms with Crippen molar-refractivity contribution < 1.29 is 9.90 Å². The third-order valence-corrected chi connectivity index (χ3v) is 3.74. The Bertz CT molecular complexity index is 785. The Hall–Kier alpha value is -2.92. The van der Waals surface area contributed by atoms with Crippen molar-refractivity contribution in [3.63, 3.8) is 0 Å². The van der Waals surface area contributed by atoms with E-state index in [0.717, 1.165) is 11.3 Å². The summed E-state index contributed by atoms with van der Waals surface area (Å²) in [6.45, 7) is 0.456. The van der Waals surface area contributed by atoms with E-state index in [-0.39, 0.29) is 5.91 Å². The van der Waals surface area contributed by atoms with E-state index in [4.69, 9.17) is 0 Å². The molecule has 5 heteroatoms. The van der Waals surface area contributed by atoms with Gasteiger partial charge in [0.05, 0.1) is 0 Å². The quantitative estimate of drug-likeness (QED) is 0.733. The average molecular weight is 321 g/mol. The maximum Gasteiger partial charge on any atom is 0.226 e. The van der Waals surface area contributed by atoms with E-state index in [9.17, 15) is 9.90 Å². The lowest BCUT2D eigenvalue weighted by molar-refractivity contribution is -0.116. The Morgan fingerprint density at radius 2 is 1.75 bits per heavy atom. The number of rotatable bonds is 6. The highest BCUT2D eigenvalue weighted by Gasteiger charge is 2.16. The molecule has 0 aliphatic heterocycles. The number of para-hydroxylation sites is 1. The number of aliphatic hydroxyl groups is 1. The zero-order valence-electron chi connectivity index (χ0n) is 13.2. The summed E-state index contributed by atoms with van der Waals surface area (Å²) < 4.78 is 1.81. The summed E-state index contributed by atoms with van der Waals surface area (Å²) in [6.07, 6.45) is 2.91. The summed E-state index contributed by atoms with van der Waals surface area (Å²) in [5.74, 6) is 0.462. The van der Waals surface area contributed by atoms with Gasteiger partial charge in [-0.1, -0.05) is 48.5 Å². The molecular weight excluding hydrogens is 302 g/mol. The molecule has 0 bridgehead atoms. The summed E-state index contributed by atoms with van der Waals surface area (Å²) in [7, 11) is 0. The second kappa shape index (κ2) is 7.57. The predicted molar refractivity (Wildman–Crippen MR) is 92.4 cm³/mol. The summed E-state index contributed by atoms with van der Waals surface area (Å²) >= 11 is 0. The molecule has 3 aromatic rings. The third-order valence-electron chi connectivity index (χ3n) is 3.74. The molecule has 24 heavy (non-hydrogen) atoms. The number of benzene rings is 2. The molecule has 122 valence electrons. The molecule has 0 saturated carbocycles. The van der Waals surface area contributed by atoms with Gasteiger partial charge in [-0.05, 0) is 17.7 Å². The van der Waals surface area contributed by atoms with Crippen molar-refractivity contribution in [2.24, 2.45) is 0 Å². The van der Waals surface area contributed by atoms with E-state index in [2.05, 4.69) is 10.3 Å². The molecule has 3 rings (SSSR count). The van der Waals surface area contributed by atoms with Crippen molar-refractivity contribution in [2.45, 2.75) is 19.1 Å². The van der Waals surface area contributed by atoms with Crippen molar-refractivity contribution in [2.75, 3.05) is 5.32 Å². The number of anilines is 1. The molecule has 1 aromatic heterocycles. The Labute approximate surface area is 140 Å². The highest BCUT2D eigenvalue weighted by Crippen LogP contribution is 2.20. The van der Waals surface area contributed by atoms with Crippen LogP contribution in [0.4, 0.5) is 5.69 Å². The van der Waals surface area contributed by atoms with Crippen LogP contribution >= 0.6 is 0 Å². The molecule has 1 atom stereocenters. The highest BCUT2D eigenvalue weighted by atomic mass is 16.3. The molecule has 0 fully saturated rings. The van der Waals surface area contributed by atoms with Crippen LogP contribution in [0.3, 0.4) is 0 Å². The molecule has 1 amide bonds. The lowest BCUT2D eigenvalue weighted by Crippen LogP contribution is -2.16. The number of hydrogen-bond donors (Lipinski definition) is 2. The largest absolute Gasteiger partial charge is 0.380 e. The van der Waals surface area contributed by atoms with Gasteiger partial charge in [-0.2, -0.15) is 0 Å². The zero-order chi connectivity index (χ0) is 16.8. The molecule has 0 aliphatic carbocycles. The van der Waals surface area contributed by atoms with E-state index >= 15 is 0 Å². The van der Waals surface area contributed by atoms with E-state index in [0.29, 0.717) is 18.8 Å². The van der Waals surface area contributed by atoms with Gasteiger partial charge in [-0.15, -0.1) is 0 Å². The van der Waals surface area contributed by atoms with Crippen molar-refractivity contribution >= 4 is 11.6 Å². The average Bonchev–Trinajstić information content (AvgIpc) is 3.09. The van der Waals surface area contributed by atoms with Crippen LogP contribution in [0.15, 0.2) is 73.1 Å². The maximum atomic E-state index is 12.1. The fourth-order valence-electron chi connectivity index (χ4n) is 2.51. The Morgan fingerprint density at radius 1 is 1.08 bits per heavy atom. The van der Waals surface area contributed by atoms with E-state index in [1.54, 1.807) is 12.4 Å². The summed E-state index contributed by atoms with van der Waals surface area (Å²) in [4.78, 5) is 16.3. The van der Waals surface area contributed by atoms with Crippen LogP contribution in [0.25, 0.3) is 0 Å². The number of hydrogen-bond acceptors (Lipinski definition) is 3. The molecular formula is C19H19N3O2. The first kappa shape index (κ1) is 16.0. The minimum atomic E-state index is -0.807.